The first-order valence-corrected chi connectivity index (χ1v) is 13.8. The summed E-state index contributed by atoms with van der Waals surface area (Å²) in [6.45, 7) is 15.0. The molecule has 0 spiro atoms. The number of hydrogen-bond acceptors (Lipinski definition) is 3. The summed E-state index contributed by atoms with van der Waals surface area (Å²) in [5.41, 5.74) is 0.111. The minimum atomic E-state index is -0.571. The van der Waals surface area contributed by atoms with Gasteiger partial charge in [0.25, 0.3) is 0 Å². The van der Waals surface area contributed by atoms with Gasteiger partial charge in [-0.3, -0.25) is 4.79 Å². The van der Waals surface area contributed by atoms with Gasteiger partial charge in [-0.1, -0.05) is 65.0 Å². The molecule has 0 aliphatic heterocycles. The molecule has 0 saturated heterocycles. The van der Waals surface area contributed by atoms with Crippen molar-refractivity contribution in [3.8, 4) is 0 Å². The summed E-state index contributed by atoms with van der Waals surface area (Å²) in [6, 6.07) is 3.48. The molecule has 0 atom stereocenters. The van der Waals surface area contributed by atoms with Gasteiger partial charge in [0.1, 0.15) is 10.6 Å². The highest BCUT2D eigenvalue weighted by atomic mass is 79.9. The number of carbonyl (C=O) groups excluding carboxylic acids is 1. The maximum absolute atomic E-state index is 11.6. The Morgan fingerprint density at radius 3 is 1.73 bits per heavy atom. The van der Waals surface area contributed by atoms with Gasteiger partial charge in [-0.2, -0.15) is 0 Å². The van der Waals surface area contributed by atoms with E-state index in [1.165, 1.54) is 89.1 Å². The first-order chi connectivity index (χ1) is 15.3. The fourth-order valence-corrected chi connectivity index (χ4v) is 5.00. The number of methoxy groups -OCH3 is 1. The molecular formula is C26H45Br2ClN2O2. The van der Waals surface area contributed by atoms with Crippen molar-refractivity contribution in [2.75, 3.05) is 33.3 Å². The second-order valence-electron chi connectivity index (χ2n) is 9.19. The molecule has 192 valence electrons. The number of quaternary nitrogens is 1. The van der Waals surface area contributed by atoms with Gasteiger partial charge in [0, 0.05) is 4.47 Å². The average Bonchev–Trinajstić information content (AvgIpc) is 3.61. The molecule has 0 radical (unpaired) electrons. The highest BCUT2D eigenvalue weighted by Crippen LogP contribution is 2.50. The third kappa shape index (κ3) is 10.5. The zero-order chi connectivity index (χ0) is 24.0. The van der Waals surface area contributed by atoms with E-state index in [2.05, 4.69) is 48.6 Å². The molecule has 4 nitrogen and oxygen atoms in total. The van der Waals surface area contributed by atoms with Crippen molar-refractivity contribution in [3.05, 3.63) is 27.5 Å². The highest BCUT2D eigenvalue weighted by molar-refractivity contribution is 9.10. The predicted molar refractivity (Wildman–Crippen MR) is 139 cm³/mol. The van der Waals surface area contributed by atoms with Crippen LogP contribution in [-0.4, -0.2) is 48.7 Å². The molecule has 1 heterocycles. The summed E-state index contributed by atoms with van der Waals surface area (Å²) in [4.78, 5) is 15.8. The maximum Gasteiger partial charge on any atom is 0.317 e. The van der Waals surface area contributed by atoms with Crippen LogP contribution in [0.3, 0.4) is 0 Å². The summed E-state index contributed by atoms with van der Waals surface area (Å²) >= 11 is 9.19. The van der Waals surface area contributed by atoms with Crippen LogP contribution in [0.5, 0.6) is 0 Å². The summed E-state index contributed by atoms with van der Waals surface area (Å²) in [5, 5.41) is 0.392. The van der Waals surface area contributed by atoms with E-state index in [1.54, 1.807) is 12.1 Å². The van der Waals surface area contributed by atoms with Crippen molar-refractivity contribution in [3.63, 3.8) is 0 Å². The van der Waals surface area contributed by atoms with Crippen LogP contribution in [0.1, 0.15) is 97.6 Å². The van der Waals surface area contributed by atoms with Crippen LogP contribution in [0.15, 0.2) is 16.6 Å². The van der Waals surface area contributed by atoms with Crippen LogP contribution in [-0.2, 0) is 14.9 Å². The van der Waals surface area contributed by atoms with Crippen molar-refractivity contribution in [2.45, 2.75) is 97.3 Å². The highest BCUT2D eigenvalue weighted by Gasteiger charge is 2.55. The van der Waals surface area contributed by atoms with Gasteiger partial charge in [0.15, 0.2) is 0 Å². The van der Waals surface area contributed by atoms with Crippen LogP contribution in [0, 0.1) is 0 Å². The number of unbranched alkanes of at least 4 members (excludes halogenated alkanes) is 4. The first kappa shape index (κ1) is 32.8. The monoisotopic (exact) mass is 610 g/mol. The Labute approximate surface area is 226 Å². The number of halogens is 3. The van der Waals surface area contributed by atoms with E-state index < -0.39 is 5.41 Å². The average molecular weight is 613 g/mol. The predicted octanol–water partition coefficient (Wildman–Crippen LogP) is 4.71. The summed E-state index contributed by atoms with van der Waals surface area (Å²) in [6.07, 6.45) is 12.6. The molecule has 0 bridgehead atoms. The Bertz CT molecular complexity index is 647. The van der Waals surface area contributed by atoms with Crippen LogP contribution in [0.25, 0.3) is 0 Å². The van der Waals surface area contributed by atoms with Crippen LogP contribution < -0.4 is 17.0 Å². The van der Waals surface area contributed by atoms with Crippen molar-refractivity contribution in [2.24, 2.45) is 0 Å². The molecular weight excluding hydrogens is 568 g/mol. The number of nitrogens with zero attached hydrogens (tertiary/aromatic N) is 2. The lowest BCUT2D eigenvalue weighted by Crippen LogP contribution is -3.00. The van der Waals surface area contributed by atoms with Crippen molar-refractivity contribution in [1.82, 2.24) is 4.98 Å². The Kier molecular flexibility index (Phi) is 17.2. The molecule has 2 rings (SSSR count). The van der Waals surface area contributed by atoms with Gasteiger partial charge in [-0.25, -0.2) is 4.98 Å². The van der Waals surface area contributed by atoms with Crippen molar-refractivity contribution < 1.29 is 31.0 Å². The van der Waals surface area contributed by atoms with Gasteiger partial charge in [-0.05, 0) is 66.6 Å². The molecule has 0 amide bonds. The van der Waals surface area contributed by atoms with E-state index in [0.717, 1.165) is 17.3 Å². The molecule has 1 aliphatic rings. The summed E-state index contributed by atoms with van der Waals surface area (Å²) in [5.74, 6) is -0.238. The lowest BCUT2D eigenvalue weighted by atomic mass is 10.0. The van der Waals surface area contributed by atoms with Gasteiger partial charge in [-0.15, -0.1) is 0 Å². The molecule has 0 unspecified atom stereocenters. The number of esters is 1. The van der Waals surface area contributed by atoms with Gasteiger partial charge >= 0.3 is 5.97 Å². The normalized spacial score (nSPS) is 14.0. The number of hydrogen-bond donors (Lipinski definition) is 0. The Balaban J connectivity index is 0.000000604. The third-order valence-electron chi connectivity index (χ3n) is 6.54. The quantitative estimate of drug-likeness (QED) is 0.174. The maximum atomic E-state index is 11.6. The van der Waals surface area contributed by atoms with Gasteiger partial charge in [0.05, 0.1) is 39.0 Å². The van der Waals surface area contributed by atoms with Crippen LogP contribution in [0.4, 0.5) is 0 Å². The molecule has 1 aromatic rings. The second-order valence-corrected chi connectivity index (χ2v) is 10.4. The number of carbonyl (C=O) groups is 1. The minimum absolute atomic E-state index is 0. The third-order valence-corrected chi connectivity index (χ3v) is 7.39. The van der Waals surface area contributed by atoms with Crippen molar-refractivity contribution in [1.29, 1.82) is 0 Å². The molecule has 0 N–H and O–H groups in total. The summed E-state index contributed by atoms with van der Waals surface area (Å²) in [7, 11) is 1.39. The zero-order valence-electron chi connectivity index (χ0n) is 21.4. The lowest BCUT2D eigenvalue weighted by molar-refractivity contribution is -0.929. The Morgan fingerprint density at radius 2 is 1.39 bits per heavy atom. The molecule has 1 aliphatic carbocycles. The number of aromatic nitrogens is 1. The van der Waals surface area contributed by atoms with Gasteiger partial charge in [0.2, 0.25) is 0 Å². The van der Waals surface area contributed by atoms with Crippen LogP contribution >= 0.6 is 27.5 Å². The minimum Gasteiger partial charge on any atom is -1.00 e. The first-order valence-electron chi connectivity index (χ1n) is 12.6. The largest absolute Gasteiger partial charge is 1.00 e. The molecule has 1 fully saturated rings. The van der Waals surface area contributed by atoms with E-state index in [1.807, 2.05) is 0 Å². The van der Waals surface area contributed by atoms with Crippen molar-refractivity contribution >= 4 is 33.5 Å². The SMILES string of the molecule is CCCC[N+](CCCC)(CCCC)CCCC.COC(=O)C1(c2nc(Cl)ccc2Br)CC1.[Br-]. The lowest BCUT2D eigenvalue weighted by Gasteiger charge is -2.39. The van der Waals surface area contributed by atoms with E-state index in [4.69, 9.17) is 16.3 Å². The standard InChI is InChI=1S/C16H36N.C10H9BrClNO2.BrH/c1-5-9-13-17(14-10-6-2,15-11-7-3)16-12-8-4;1-15-9(14)10(4-5-10)8-6(11)2-3-7(12)13-8;/h5-16H2,1-4H3;2-3H,4-5H2,1H3;1H/q+1;;/p-1. The molecule has 0 aromatic carbocycles. The topological polar surface area (TPSA) is 39.2 Å². The van der Waals surface area contributed by atoms with E-state index >= 15 is 0 Å². The number of ether oxygens (including phenoxy) is 1. The Morgan fingerprint density at radius 1 is 0.970 bits per heavy atom. The smallest absolute Gasteiger partial charge is 0.317 e. The fourth-order valence-electron chi connectivity index (χ4n) is 4.26. The van der Waals surface area contributed by atoms with E-state index in [0.29, 0.717) is 10.8 Å². The van der Waals surface area contributed by atoms with E-state index in [9.17, 15) is 4.79 Å². The fraction of sp³-hybridized carbons (Fsp3) is 0.769. The van der Waals surface area contributed by atoms with Gasteiger partial charge < -0.3 is 26.2 Å². The number of pyridine rings is 1. The van der Waals surface area contributed by atoms with E-state index in [-0.39, 0.29) is 23.0 Å². The number of rotatable bonds is 14. The Hall–Kier alpha value is -0.170. The molecule has 7 heteroatoms. The molecule has 1 aromatic heterocycles. The zero-order valence-corrected chi connectivity index (χ0v) is 25.3. The molecule has 33 heavy (non-hydrogen) atoms. The summed E-state index contributed by atoms with van der Waals surface area (Å²) < 4.78 is 7.00. The second kappa shape index (κ2) is 17.3. The molecule has 1 saturated carbocycles. The van der Waals surface area contributed by atoms with Crippen LogP contribution in [0.2, 0.25) is 5.15 Å².